The Morgan fingerprint density at radius 2 is 1.92 bits per heavy atom. The molecule has 5 rings (SSSR count). The van der Waals surface area contributed by atoms with E-state index in [2.05, 4.69) is 5.32 Å². The quantitative estimate of drug-likeness (QED) is 0.882. The third kappa shape index (κ3) is 3.17. The second kappa shape index (κ2) is 5.73. The molecule has 3 unspecified atom stereocenters. The van der Waals surface area contributed by atoms with Crippen LogP contribution in [0.4, 0.5) is 0 Å². The van der Waals surface area contributed by atoms with E-state index in [-0.39, 0.29) is 11.4 Å². The Balaban J connectivity index is 1.46. The molecule has 25 heavy (non-hydrogen) atoms. The zero-order chi connectivity index (χ0) is 17.8. The first-order valence-electron chi connectivity index (χ1n) is 9.54. The molecule has 4 bridgehead atoms. The smallest absolute Gasteiger partial charge is 0.261 e. The largest absolute Gasteiger partial charge is 0.481 e. The number of aryl methyl sites for hydroxylation is 2. The van der Waals surface area contributed by atoms with E-state index in [1.807, 2.05) is 39.0 Å². The third-order valence-corrected chi connectivity index (χ3v) is 6.44. The van der Waals surface area contributed by atoms with Gasteiger partial charge in [0.15, 0.2) is 6.10 Å². The van der Waals surface area contributed by atoms with Gasteiger partial charge in [0.25, 0.3) is 5.91 Å². The maximum absolute atomic E-state index is 12.8. The fourth-order valence-electron chi connectivity index (χ4n) is 5.80. The van der Waals surface area contributed by atoms with Gasteiger partial charge < -0.3 is 15.2 Å². The number of hydrogen-bond acceptors (Lipinski definition) is 3. The molecule has 0 aromatic heterocycles. The second-order valence-electron chi connectivity index (χ2n) is 8.98. The van der Waals surface area contributed by atoms with Crippen molar-refractivity contribution < 1.29 is 14.6 Å². The van der Waals surface area contributed by atoms with Gasteiger partial charge in [0.2, 0.25) is 0 Å². The summed E-state index contributed by atoms with van der Waals surface area (Å²) in [5, 5.41) is 14.1. The van der Waals surface area contributed by atoms with Gasteiger partial charge in [-0.1, -0.05) is 12.1 Å². The molecule has 4 fully saturated rings. The summed E-state index contributed by atoms with van der Waals surface area (Å²) in [4.78, 5) is 12.8. The summed E-state index contributed by atoms with van der Waals surface area (Å²) >= 11 is 0. The number of benzene rings is 1. The van der Waals surface area contributed by atoms with Crippen molar-refractivity contribution in [1.82, 2.24) is 5.32 Å². The van der Waals surface area contributed by atoms with Crippen molar-refractivity contribution in [2.45, 2.75) is 76.5 Å². The Hall–Kier alpha value is -1.55. The fourth-order valence-corrected chi connectivity index (χ4v) is 5.80. The molecule has 4 heteroatoms. The molecule has 1 aromatic carbocycles. The van der Waals surface area contributed by atoms with Crippen LogP contribution in [0.1, 0.15) is 56.6 Å². The standard InChI is InChI=1S/C21H29NO3/c1-13-4-5-14(2)18(6-13)25-15(3)19(23)22-20-8-16-7-17(9-20)11-21(24,10-16)12-20/h4-6,15-17,24H,7-12H2,1-3H3,(H,22,23). The van der Waals surface area contributed by atoms with Crippen LogP contribution in [0.2, 0.25) is 0 Å². The molecule has 136 valence electrons. The number of carbonyl (C=O) groups is 1. The maximum Gasteiger partial charge on any atom is 0.261 e. The number of amides is 1. The first-order valence-corrected chi connectivity index (χ1v) is 9.54. The Labute approximate surface area is 150 Å². The highest BCUT2D eigenvalue weighted by Gasteiger charge is 2.57. The number of aliphatic hydroxyl groups is 1. The molecule has 0 aliphatic heterocycles. The van der Waals surface area contributed by atoms with Gasteiger partial charge in [-0.3, -0.25) is 4.79 Å². The van der Waals surface area contributed by atoms with E-state index in [9.17, 15) is 9.90 Å². The summed E-state index contributed by atoms with van der Waals surface area (Å²) in [5.41, 5.74) is 1.37. The van der Waals surface area contributed by atoms with Crippen LogP contribution >= 0.6 is 0 Å². The fraction of sp³-hybridized carbons (Fsp3) is 0.667. The van der Waals surface area contributed by atoms with E-state index in [0.29, 0.717) is 18.3 Å². The molecule has 3 atom stereocenters. The van der Waals surface area contributed by atoms with Crippen LogP contribution < -0.4 is 10.1 Å². The highest BCUT2D eigenvalue weighted by molar-refractivity contribution is 5.81. The van der Waals surface area contributed by atoms with Crippen molar-refractivity contribution in [2.24, 2.45) is 11.8 Å². The van der Waals surface area contributed by atoms with Crippen molar-refractivity contribution in [2.75, 3.05) is 0 Å². The van der Waals surface area contributed by atoms with Crippen molar-refractivity contribution >= 4 is 5.91 Å². The Kier molecular flexibility index (Phi) is 3.87. The summed E-state index contributed by atoms with van der Waals surface area (Å²) in [6.07, 6.45) is 5.22. The van der Waals surface area contributed by atoms with Crippen molar-refractivity contribution in [3.05, 3.63) is 29.3 Å². The molecule has 0 heterocycles. The minimum atomic E-state index is -0.561. The SMILES string of the molecule is Cc1ccc(C)c(OC(C)C(=O)NC23CC4CC(CC(O)(C4)C2)C3)c1. The molecule has 4 aliphatic carbocycles. The lowest BCUT2D eigenvalue weighted by atomic mass is 9.51. The van der Waals surface area contributed by atoms with E-state index in [1.165, 1.54) is 6.42 Å². The number of rotatable bonds is 4. The topological polar surface area (TPSA) is 58.6 Å². The molecule has 1 aromatic rings. The maximum atomic E-state index is 12.8. The van der Waals surface area contributed by atoms with E-state index in [4.69, 9.17) is 4.74 Å². The number of ether oxygens (including phenoxy) is 1. The molecule has 4 saturated carbocycles. The molecule has 2 N–H and O–H groups in total. The average molecular weight is 343 g/mol. The molecule has 4 aliphatic rings. The summed E-state index contributed by atoms with van der Waals surface area (Å²) in [6.45, 7) is 5.83. The highest BCUT2D eigenvalue weighted by atomic mass is 16.5. The van der Waals surface area contributed by atoms with Crippen LogP contribution in [0.15, 0.2) is 18.2 Å². The van der Waals surface area contributed by atoms with Gasteiger partial charge in [-0.2, -0.15) is 0 Å². The zero-order valence-corrected chi connectivity index (χ0v) is 15.5. The van der Waals surface area contributed by atoms with Crippen LogP contribution in [0.5, 0.6) is 5.75 Å². The molecular weight excluding hydrogens is 314 g/mol. The Morgan fingerprint density at radius 3 is 2.56 bits per heavy atom. The lowest BCUT2D eigenvalue weighted by molar-refractivity contribution is -0.153. The lowest BCUT2D eigenvalue weighted by Crippen LogP contribution is -2.66. The first kappa shape index (κ1) is 16.9. The Bertz CT molecular complexity index is 684. The van der Waals surface area contributed by atoms with Crippen molar-refractivity contribution in [1.29, 1.82) is 0 Å². The summed E-state index contributed by atoms with van der Waals surface area (Å²) in [6, 6.07) is 6.04. The van der Waals surface area contributed by atoms with Gasteiger partial charge in [0.1, 0.15) is 5.75 Å². The van der Waals surface area contributed by atoms with Crippen LogP contribution in [0.3, 0.4) is 0 Å². The Morgan fingerprint density at radius 1 is 1.24 bits per heavy atom. The van der Waals surface area contributed by atoms with E-state index >= 15 is 0 Å². The summed E-state index contributed by atoms with van der Waals surface area (Å²) in [7, 11) is 0. The zero-order valence-electron chi connectivity index (χ0n) is 15.5. The third-order valence-electron chi connectivity index (χ3n) is 6.44. The minimum absolute atomic E-state index is 0.0635. The monoisotopic (exact) mass is 343 g/mol. The van der Waals surface area contributed by atoms with Crippen LogP contribution in [-0.2, 0) is 4.79 Å². The van der Waals surface area contributed by atoms with E-state index < -0.39 is 11.7 Å². The molecular formula is C21H29NO3. The predicted octanol–water partition coefficient (Wildman–Crippen LogP) is 3.27. The molecule has 0 spiro atoms. The minimum Gasteiger partial charge on any atom is -0.481 e. The average Bonchev–Trinajstić information content (AvgIpc) is 2.47. The summed E-state index contributed by atoms with van der Waals surface area (Å²) in [5.74, 6) is 1.82. The number of carbonyl (C=O) groups excluding carboxylic acids is 1. The van der Waals surface area contributed by atoms with Gasteiger partial charge in [-0.15, -0.1) is 0 Å². The van der Waals surface area contributed by atoms with Gasteiger partial charge >= 0.3 is 0 Å². The van der Waals surface area contributed by atoms with Gasteiger partial charge in [-0.05, 0) is 88.3 Å². The van der Waals surface area contributed by atoms with Crippen molar-refractivity contribution in [3.63, 3.8) is 0 Å². The number of hydrogen-bond donors (Lipinski definition) is 2. The highest BCUT2D eigenvalue weighted by Crippen LogP contribution is 2.57. The first-order chi connectivity index (χ1) is 11.8. The predicted molar refractivity (Wildman–Crippen MR) is 96.5 cm³/mol. The summed E-state index contributed by atoms with van der Waals surface area (Å²) < 4.78 is 5.95. The van der Waals surface area contributed by atoms with E-state index in [1.54, 1.807) is 0 Å². The molecule has 4 nitrogen and oxygen atoms in total. The van der Waals surface area contributed by atoms with Crippen LogP contribution in [-0.4, -0.2) is 28.3 Å². The molecule has 0 radical (unpaired) electrons. The normalized spacial score (nSPS) is 37.0. The van der Waals surface area contributed by atoms with E-state index in [0.717, 1.165) is 42.6 Å². The van der Waals surface area contributed by atoms with Gasteiger partial charge in [-0.25, -0.2) is 0 Å². The second-order valence-corrected chi connectivity index (χ2v) is 8.98. The van der Waals surface area contributed by atoms with Crippen LogP contribution in [0.25, 0.3) is 0 Å². The molecule has 1 amide bonds. The van der Waals surface area contributed by atoms with Crippen molar-refractivity contribution in [3.8, 4) is 5.75 Å². The molecule has 0 saturated heterocycles. The van der Waals surface area contributed by atoms with Gasteiger partial charge in [0, 0.05) is 5.54 Å². The van der Waals surface area contributed by atoms with Gasteiger partial charge in [0.05, 0.1) is 5.60 Å². The lowest BCUT2D eigenvalue weighted by Gasteiger charge is -2.60. The van der Waals surface area contributed by atoms with Crippen LogP contribution in [0, 0.1) is 25.7 Å². The number of nitrogens with one attached hydrogen (secondary N) is 1.